The van der Waals surface area contributed by atoms with Crippen molar-refractivity contribution in [2.45, 2.75) is 46.3 Å². The molecule has 0 saturated heterocycles. The largest absolute Gasteiger partial charge is 0.464 e. The Bertz CT molecular complexity index is 601. The van der Waals surface area contributed by atoms with Gasteiger partial charge < -0.3 is 14.8 Å². The van der Waals surface area contributed by atoms with E-state index >= 15 is 0 Å². The Kier molecular flexibility index (Phi) is 5.78. The van der Waals surface area contributed by atoms with Gasteiger partial charge in [-0.05, 0) is 46.2 Å². The topological polar surface area (TPSA) is 98.7 Å². The highest BCUT2D eigenvalue weighted by atomic mass is 16.6. The van der Waals surface area contributed by atoms with Crippen LogP contribution in [0, 0.1) is 6.92 Å². The highest BCUT2D eigenvalue weighted by Crippen LogP contribution is 2.10. The minimum atomic E-state index is -0.849. The molecule has 8 nitrogen and oxygen atoms in total. The minimum Gasteiger partial charge on any atom is -0.464 e. The Hall–Kier alpha value is -2.51. The van der Waals surface area contributed by atoms with E-state index in [1.54, 1.807) is 33.8 Å². The summed E-state index contributed by atoms with van der Waals surface area (Å²) in [5.41, 5.74) is 2.73. The van der Waals surface area contributed by atoms with Gasteiger partial charge in [0.15, 0.2) is 5.69 Å². The van der Waals surface area contributed by atoms with Crippen LogP contribution in [0.15, 0.2) is 12.3 Å². The molecular weight excluding hydrogens is 302 g/mol. The van der Waals surface area contributed by atoms with E-state index in [0.717, 1.165) is 0 Å². The second-order valence-electron chi connectivity index (χ2n) is 6.05. The zero-order chi connectivity index (χ0) is 17.8. The van der Waals surface area contributed by atoms with Gasteiger partial charge in [0.2, 0.25) is 0 Å². The van der Waals surface area contributed by atoms with Crippen molar-refractivity contribution in [3.8, 4) is 0 Å². The maximum Gasteiger partial charge on any atom is 0.408 e. The van der Waals surface area contributed by atoms with Crippen LogP contribution < -0.4 is 10.7 Å². The molecule has 0 aliphatic rings. The molecule has 1 heterocycles. The highest BCUT2D eigenvalue weighted by molar-refractivity contribution is 5.94. The van der Waals surface area contributed by atoms with Crippen LogP contribution in [0.3, 0.4) is 0 Å². The summed E-state index contributed by atoms with van der Waals surface area (Å²) in [6.45, 7) is 8.40. The molecule has 0 saturated carbocycles. The van der Waals surface area contributed by atoms with Gasteiger partial charge in [0, 0.05) is 6.20 Å². The number of nitrogens with one attached hydrogen (secondary N) is 2. The van der Waals surface area contributed by atoms with Crippen molar-refractivity contribution in [2.75, 3.05) is 12.5 Å². The molecule has 0 radical (unpaired) electrons. The fourth-order valence-corrected chi connectivity index (χ4v) is 1.74. The molecule has 0 aliphatic carbocycles. The lowest BCUT2D eigenvalue weighted by Gasteiger charge is -2.22. The molecule has 2 amide bonds. The van der Waals surface area contributed by atoms with Crippen LogP contribution in [-0.2, 0) is 14.3 Å². The lowest BCUT2D eigenvalue weighted by Crippen LogP contribution is -2.45. The van der Waals surface area contributed by atoms with Crippen LogP contribution in [0.2, 0.25) is 0 Å². The molecule has 0 aliphatic heterocycles. The summed E-state index contributed by atoms with van der Waals surface area (Å²) in [7, 11) is 1.26. The van der Waals surface area contributed by atoms with Crippen LogP contribution in [0.4, 0.5) is 4.79 Å². The van der Waals surface area contributed by atoms with Gasteiger partial charge in [-0.1, -0.05) is 0 Å². The predicted octanol–water partition coefficient (Wildman–Crippen LogP) is 1.57. The SMILES string of the molecule is COC(=O)c1c(C)ccn1NC(=O)[C@H](C)NC(=O)OC(C)(C)C. The molecule has 1 atom stereocenters. The molecule has 0 unspecified atom stereocenters. The van der Waals surface area contributed by atoms with Gasteiger partial charge in [0.05, 0.1) is 7.11 Å². The molecule has 128 valence electrons. The molecule has 23 heavy (non-hydrogen) atoms. The molecule has 0 spiro atoms. The number of alkyl carbamates (subject to hydrolysis) is 1. The monoisotopic (exact) mass is 325 g/mol. The molecule has 1 aromatic heterocycles. The van der Waals surface area contributed by atoms with Gasteiger partial charge in [-0.25, -0.2) is 9.59 Å². The maximum atomic E-state index is 12.1. The summed E-state index contributed by atoms with van der Waals surface area (Å²) < 4.78 is 11.0. The summed E-state index contributed by atoms with van der Waals surface area (Å²) >= 11 is 0. The summed E-state index contributed by atoms with van der Waals surface area (Å²) in [5, 5.41) is 2.42. The third-order valence-corrected chi connectivity index (χ3v) is 2.82. The number of esters is 1. The molecule has 1 rings (SSSR count). The lowest BCUT2D eigenvalue weighted by atomic mass is 10.2. The van der Waals surface area contributed by atoms with Crippen LogP contribution >= 0.6 is 0 Å². The molecule has 0 aromatic carbocycles. The van der Waals surface area contributed by atoms with Gasteiger partial charge in [-0.2, -0.15) is 0 Å². The van der Waals surface area contributed by atoms with Crippen LogP contribution in [0.1, 0.15) is 43.7 Å². The first kappa shape index (κ1) is 18.5. The Morgan fingerprint density at radius 2 is 1.87 bits per heavy atom. The number of aromatic nitrogens is 1. The molecule has 0 bridgehead atoms. The molecular formula is C15H23N3O5. The van der Waals surface area contributed by atoms with E-state index in [9.17, 15) is 14.4 Å². The maximum absolute atomic E-state index is 12.1. The first-order valence-electron chi connectivity index (χ1n) is 7.12. The minimum absolute atomic E-state index is 0.213. The number of amides is 2. The lowest BCUT2D eigenvalue weighted by molar-refractivity contribution is -0.118. The Labute approximate surface area is 135 Å². The molecule has 1 aromatic rings. The summed E-state index contributed by atoms with van der Waals surface area (Å²) in [4.78, 5) is 35.5. The number of methoxy groups -OCH3 is 1. The standard InChI is InChI=1S/C15H23N3O5/c1-9-7-8-18(11(9)13(20)22-6)17-12(19)10(2)16-14(21)23-15(3,4)5/h7-8,10H,1-6H3,(H,16,21)(H,17,19)/t10-/m0/s1. The van der Waals surface area contributed by atoms with Crippen LogP contribution in [-0.4, -0.2) is 41.4 Å². The predicted molar refractivity (Wildman–Crippen MR) is 83.7 cm³/mol. The van der Waals surface area contributed by atoms with Gasteiger partial charge in [-0.3, -0.25) is 14.9 Å². The van der Waals surface area contributed by atoms with Crippen molar-refractivity contribution < 1.29 is 23.9 Å². The van der Waals surface area contributed by atoms with E-state index in [1.807, 2.05) is 0 Å². The van der Waals surface area contributed by atoms with E-state index in [0.29, 0.717) is 5.56 Å². The zero-order valence-electron chi connectivity index (χ0n) is 14.2. The van der Waals surface area contributed by atoms with Crippen LogP contribution in [0.5, 0.6) is 0 Å². The van der Waals surface area contributed by atoms with Crippen molar-refractivity contribution in [3.05, 3.63) is 23.5 Å². The average molecular weight is 325 g/mol. The Morgan fingerprint density at radius 3 is 2.39 bits per heavy atom. The van der Waals surface area contributed by atoms with E-state index < -0.39 is 29.6 Å². The van der Waals surface area contributed by atoms with Gasteiger partial charge in [0.25, 0.3) is 5.91 Å². The van der Waals surface area contributed by atoms with Crippen molar-refractivity contribution in [2.24, 2.45) is 0 Å². The number of rotatable bonds is 4. The van der Waals surface area contributed by atoms with Crippen molar-refractivity contribution in [1.29, 1.82) is 0 Å². The fraction of sp³-hybridized carbons (Fsp3) is 0.533. The van der Waals surface area contributed by atoms with Crippen LogP contribution in [0.25, 0.3) is 0 Å². The number of ether oxygens (including phenoxy) is 2. The number of carbonyl (C=O) groups excluding carboxylic acids is 3. The van der Waals surface area contributed by atoms with E-state index in [1.165, 1.54) is 24.9 Å². The molecule has 0 fully saturated rings. The van der Waals surface area contributed by atoms with Crippen molar-refractivity contribution >= 4 is 18.0 Å². The number of hydrogen-bond acceptors (Lipinski definition) is 5. The average Bonchev–Trinajstić information content (AvgIpc) is 2.76. The summed E-state index contributed by atoms with van der Waals surface area (Å²) in [6, 6.07) is 0.816. The third-order valence-electron chi connectivity index (χ3n) is 2.82. The van der Waals surface area contributed by atoms with Crippen molar-refractivity contribution in [1.82, 2.24) is 9.99 Å². The van der Waals surface area contributed by atoms with E-state index in [2.05, 4.69) is 15.5 Å². The first-order chi connectivity index (χ1) is 10.5. The molecule has 2 N–H and O–H groups in total. The van der Waals surface area contributed by atoms with Gasteiger partial charge in [-0.15, -0.1) is 0 Å². The second kappa shape index (κ2) is 7.17. The Morgan fingerprint density at radius 1 is 1.26 bits per heavy atom. The second-order valence-corrected chi connectivity index (χ2v) is 6.05. The quantitative estimate of drug-likeness (QED) is 0.819. The number of nitrogens with zero attached hydrogens (tertiary/aromatic N) is 1. The smallest absolute Gasteiger partial charge is 0.408 e. The number of carbonyl (C=O) groups is 3. The molecule has 8 heteroatoms. The van der Waals surface area contributed by atoms with Crippen molar-refractivity contribution in [3.63, 3.8) is 0 Å². The number of aryl methyl sites for hydroxylation is 1. The zero-order valence-corrected chi connectivity index (χ0v) is 14.2. The highest BCUT2D eigenvalue weighted by Gasteiger charge is 2.23. The Balaban J connectivity index is 2.73. The van der Waals surface area contributed by atoms with Gasteiger partial charge >= 0.3 is 12.1 Å². The van der Waals surface area contributed by atoms with E-state index in [4.69, 9.17) is 4.74 Å². The fourth-order valence-electron chi connectivity index (χ4n) is 1.74. The summed E-state index contributed by atoms with van der Waals surface area (Å²) in [6.07, 6.45) is 0.830. The first-order valence-corrected chi connectivity index (χ1v) is 7.12. The third kappa shape index (κ3) is 5.32. The normalized spacial score (nSPS) is 12.3. The van der Waals surface area contributed by atoms with E-state index in [-0.39, 0.29) is 5.69 Å². The number of hydrogen-bond donors (Lipinski definition) is 2. The summed E-state index contributed by atoms with van der Waals surface area (Å²) in [5.74, 6) is -1.07. The van der Waals surface area contributed by atoms with Gasteiger partial charge in [0.1, 0.15) is 11.6 Å².